The third kappa shape index (κ3) is 2.27. The molecule has 23 heavy (non-hydrogen) atoms. The highest BCUT2D eigenvalue weighted by molar-refractivity contribution is 6.07. The van der Waals surface area contributed by atoms with Crippen LogP contribution in [0.2, 0.25) is 0 Å². The van der Waals surface area contributed by atoms with Crippen LogP contribution in [0, 0.1) is 0 Å². The van der Waals surface area contributed by atoms with Crippen LogP contribution in [0.25, 0.3) is 16.5 Å². The average molecular weight is 299 g/mol. The number of aromatic nitrogens is 1. The predicted molar refractivity (Wildman–Crippen MR) is 93.6 cm³/mol. The first-order chi connectivity index (χ1) is 11.3. The predicted octanol–water partition coefficient (Wildman–Crippen LogP) is 4.82. The Bertz CT molecular complexity index is 953. The van der Waals surface area contributed by atoms with Gasteiger partial charge in [-0.05, 0) is 35.7 Å². The fraction of sp³-hybridized carbons (Fsp3) is 0.143. The minimum absolute atomic E-state index is 0.163. The highest BCUT2D eigenvalue weighted by atomic mass is 16.1. The molecule has 2 nitrogen and oxygen atoms in total. The van der Waals surface area contributed by atoms with E-state index in [1.54, 1.807) is 0 Å². The molecule has 0 radical (unpaired) electrons. The number of ketones is 1. The van der Waals surface area contributed by atoms with E-state index in [1.165, 1.54) is 16.7 Å². The fourth-order valence-electron chi connectivity index (χ4n) is 3.26. The van der Waals surface area contributed by atoms with Crippen molar-refractivity contribution in [1.29, 1.82) is 0 Å². The molecule has 0 aliphatic heterocycles. The average Bonchev–Trinajstić information content (AvgIpc) is 3.04. The number of pyridine rings is 1. The van der Waals surface area contributed by atoms with Crippen LogP contribution < -0.4 is 0 Å². The van der Waals surface area contributed by atoms with Crippen molar-refractivity contribution in [2.75, 3.05) is 0 Å². The van der Waals surface area contributed by atoms with Gasteiger partial charge in [0.05, 0.1) is 11.2 Å². The highest BCUT2D eigenvalue weighted by Crippen LogP contribution is 2.32. The molecule has 112 valence electrons. The lowest BCUT2D eigenvalue weighted by molar-refractivity contribution is 0.0989. The summed E-state index contributed by atoms with van der Waals surface area (Å²) in [5, 5.41) is 0.940. The largest absolute Gasteiger partial charge is 0.294 e. The Morgan fingerprint density at radius 2 is 1.91 bits per heavy atom. The summed E-state index contributed by atoms with van der Waals surface area (Å²) in [7, 11) is 0. The Hall–Kier alpha value is -2.74. The molecular weight excluding hydrogens is 282 g/mol. The van der Waals surface area contributed by atoms with Crippen molar-refractivity contribution in [3.8, 4) is 0 Å². The zero-order valence-corrected chi connectivity index (χ0v) is 13.0. The molecule has 2 heteroatoms. The van der Waals surface area contributed by atoms with E-state index in [1.807, 2.05) is 37.3 Å². The van der Waals surface area contributed by atoms with Crippen molar-refractivity contribution in [2.24, 2.45) is 0 Å². The van der Waals surface area contributed by atoms with Gasteiger partial charge in [0, 0.05) is 22.9 Å². The van der Waals surface area contributed by atoms with Crippen LogP contribution in [0.1, 0.15) is 40.5 Å². The number of nitrogens with zero attached hydrogens (tertiary/aromatic N) is 1. The molecule has 4 rings (SSSR count). The maximum absolute atomic E-state index is 12.1. The van der Waals surface area contributed by atoms with Crippen molar-refractivity contribution >= 4 is 22.3 Å². The van der Waals surface area contributed by atoms with Gasteiger partial charge in [-0.25, -0.2) is 4.98 Å². The smallest absolute Gasteiger partial charge is 0.163 e. The first-order valence-electron chi connectivity index (χ1n) is 7.99. The van der Waals surface area contributed by atoms with Crippen molar-refractivity contribution < 1.29 is 4.79 Å². The van der Waals surface area contributed by atoms with Gasteiger partial charge in [0.25, 0.3) is 0 Å². The van der Waals surface area contributed by atoms with E-state index in [9.17, 15) is 4.79 Å². The summed E-state index contributed by atoms with van der Waals surface area (Å²) >= 11 is 0. The first kappa shape index (κ1) is 13.9. The maximum atomic E-state index is 12.1. The summed E-state index contributed by atoms with van der Waals surface area (Å²) in [5.41, 5.74) is 6.43. The zero-order chi connectivity index (χ0) is 15.8. The first-order valence-corrected chi connectivity index (χ1v) is 7.99. The number of allylic oxidation sites excluding steroid dienone is 1. The summed E-state index contributed by atoms with van der Waals surface area (Å²) in [6.07, 6.45) is 3.71. The lowest BCUT2D eigenvalue weighted by Gasteiger charge is -2.09. The van der Waals surface area contributed by atoms with Crippen molar-refractivity contribution in [2.45, 2.75) is 19.8 Å². The second kappa shape index (κ2) is 5.47. The number of rotatable bonds is 3. The highest BCUT2D eigenvalue weighted by Gasteiger charge is 2.17. The molecule has 1 heterocycles. The molecule has 0 bridgehead atoms. The van der Waals surface area contributed by atoms with E-state index in [-0.39, 0.29) is 5.78 Å². The van der Waals surface area contributed by atoms with Crippen LogP contribution in [0.15, 0.2) is 60.7 Å². The van der Waals surface area contributed by atoms with E-state index in [0.717, 1.165) is 28.6 Å². The van der Waals surface area contributed by atoms with Crippen molar-refractivity contribution in [3.05, 3.63) is 83.1 Å². The molecule has 0 unspecified atom stereocenters. The minimum Gasteiger partial charge on any atom is -0.294 e. The van der Waals surface area contributed by atoms with Gasteiger partial charge < -0.3 is 0 Å². The number of fused-ring (bicyclic) bond motifs is 2. The van der Waals surface area contributed by atoms with E-state index >= 15 is 0 Å². The van der Waals surface area contributed by atoms with Crippen LogP contribution in [-0.4, -0.2) is 10.8 Å². The molecule has 1 aliphatic carbocycles. The minimum atomic E-state index is 0.163. The lowest BCUT2D eigenvalue weighted by atomic mass is 10.00. The van der Waals surface area contributed by atoms with Crippen LogP contribution in [0.3, 0.4) is 0 Å². The third-order valence-electron chi connectivity index (χ3n) is 4.46. The van der Waals surface area contributed by atoms with Crippen LogP contribution in [0.5, 0.6) is 0 Å². The number of Topliss-reactive ketones (excluding diaryl/α,β-unsaturated/α-hetero) is 1. The number of hydrogen-bond donors (Lipinski definition) is 0. The number of benzene rings is 2. The van der Waals surface area contributed by atoms with Crippen LogP contribution in [0.4, 0.5) is 0 Å². The monoisotopic (exact) mass is 299 g/mol. The second-order valence-electron chi connectivity index (χ2n) is 5.82. The molecule has 2 aromatic carbocycles. The van der Waals surface area contributed by atoms with Gasteiger partial charge in [-0.3, -0.25) is 4.79 Å². The van der Waals surface area contributed by atoms with Gasteiger partial charge in [0.1, 0.15) is 0 Å². The molecule has 0 atom stereocenters. The number of hydrogen-bond acceptors (Lipinski definition) is 2. The van der Waals surface area contributed by atoms with E-state index in [2.05, 4.69) is 30.3 Å². The van der Waals surface area contributed by atoms with Gasteiger partial charge in [0.2, 0.25) is 0 Å². The molecule has 0 N–H and O–H groups in total. The summed E-state index contributed by atoms with van der Waals surface area (Å²) in [5.74, 6) is 0.163. The quantitative estimate of drug-likeness (QED) is 0.649. The van der Waals surface area contributed by atoms with E-state index < -0.39 is 0 Å². The molecule has 0 spiro atoms. The zero-order valence-electron chi connectivity index (χ0n) is 13.0. The molecule has 1 aliphatic rings. The maximum Gasteiger partial charge on any atom is 0.163 e. The Morgan fingerprint density at radius 1 is 1.04 bits per heavy atom. The molecule has 0 saturated heterocycles. The van der Waals surface area contributed by atoms with E-state index in [0.29, 0.717) is 6.42 Å². The number of carbonyl (C=O) groups excluding carboxylic acids is 1. The SMILES string of the molecule is CCC(=O)c1cccc2nc(C3=CCc4ccccc43)ccc12. The van der Waals surface area contributed by atoms with Gasteiger partial charge in [-0.15, -0.1) is 0 Å². The van der Waals surface area contributed by atoms with Crippen molar-refractivity contribution in [1.82, 2.24) is 4.98 Å². The van der Waals surface area contributed by atoms with Gasteiger partial charge >= 0.3 is 0 Å². The third-order valence-corrected chi connectivity index (χ3v) is 4.46. The Morgan fingerprint density at radius 3 is 2.78 bits per heavy atom. The summed E-state index contributed by atoms with van der Waals surface area (Å²) in [4.78, 5) is 16.9. The van der Waals surface area contributed by atoms with Gasteiger partial charge in [0.15, 0.2) is 5.78 Å². The topological polar surface area (TPSA) is 30.0 Å². The standard InChI is InChI=1S/C21H17NO/c1-2-21(23)18-8-5-9-19-17(18)12-13-20(22-19)16-11-10-14-6-3-4-7-15(14)16/h3-9,11-13H,2,10H2,1H3. The number of carbonyl (C=O) groups is 1. The summed E-state index contributed by atoms with van der Waals surface area (Å²) in [6, 6.07) is 18.3. The molecule has 3 aromatic rings. The normalized spacial score (nSPS) is 13.0. The molecule has 0 saturated carbocycles. The van der Waals surface area contributed by atoms with Crippen molar-refractivity contribution in [3.63, 3.8) is 0 Å². The summed E-state index contributed by atoms with van der Waals surface area (Å²) in [6.45, 7) is 1.89. The molecule has 0 amide bonds. The molecular formula is C21H17NO. The molecule has 0 fully saturated rings. The lowest BCUT2D eigenvalue weighted by Crippen LogP contribution is -1.99. The fourth-order valence-corrected chi connectivity index (χ4v) is 3.26. The van der Waals surface area contributed by atoms with Crippen LogP contribution in [-0.2, 0) is 6.42 Å². The Kier molecular flexibility index (Phi) is 3.30. The van der Waals surface area contributed by atoms with Gasteiger partial charge in [-0.1, -0.05) is 49.4 Å². The second-order valence-corrected chi connectivity index (χ2v) is 5.82. The summed E-state index contributed by atoms with van der Waals surface area (Å²) < 4.78 is 0. The Labute approximate surface area is 135 Å². The van der Waals surface area contributed by atoms with E-state index in [4.69, 9.17) is 4.98 Å². The van der Waals surface area contributed by atoms with Gasteiger partial charge in [-0.2, -0.15) is 0 Å². The Balaban J connectivity index is 1.84. The van der Waals surface area contributed by atoms with Crippen LogP contribution >= 0.6 is 0 Å². The molecule has 1 aromatic heterocycles.